The van der Waals surface area contributed by atoms with Gasteiger partial charge in [-0.25, -0.2) is 4.79 Å². The lowest BCUT2D eigenvalue weighted by Crippen LogP contribution is -2.25. The van der Waals surface area contributed by atoms with Crippen LogP contribution in [0, 0.1) is 10.1 Å². The lowest BCUT2D eigenvalue weighted by molar-refractivity contribution is -0.422. The quantitative estimate of drug-likeness (QED) is 0.0759. The van der Waals surface area contributed by atoms with E-state index >= 15 is 0 Å². The normalized spacial score (nSPS) is 14.8. The number of carbonyl (C=O) groups excluding carboxylic acids is 1. The van der Waals surface area contributed by atoms with Gasteiger partial charge in [-0.05, 0) is 32.4 Å². The second-order valence-electron chi connectivity index (χ2n) is 4.87. The predicted octanol–water partition coefficient (Wildman–Crippen LogP) is 1.56. The van der Waals surface area contributed by atoms with Crippen molar-refractivity contribution in [3.8, 4) is 0 Å². The molecular formula is C14H25N3O5S. The lowest BCUT2D eigenvalue weighted by atomic mass is 10.2. The van der Waals surface area contributed by atoms with Crippen LogP contribution in [0.25, 0.3) is 0 Å². The maximum atomic E-state index is 11.6. The molecule has 0 aliphatic carbocycles. The van der Waals surface area contributed by atoms with Crippen LogP contribution in [0.4, 0.5) is 0 Å². The standard InChI is InChI=1S/C14H25N3O5S/c1-4-14(2,23)22-10-5-7-11(16-9-6-8-15)12(17(19)20)13(18)21-3/h5,10,16,23H,4,6-9,15H2,1-3H3/b10-5+,12-11+. The molecular weight excluding hydrogens is 322 g/mol. The smallest absolute Gasteiger partial charge is 0.411 e. The Balaban J connectivity index is 5.16. The number of ether oxygens (including phenoxy) is 2. The Morgan fingerprint density at radius 1 is 1.52 bits per heavy atom. The van der Waals surface area contributed by atoms with Crippen molar-refractivity contribution in [1.82, 2.24) is 5.32 Å². The van der Waals surface area contributed by atoms with Crippen molar-refractivity contribution >= 4 is 18.6 Å². The highest BCUT2D eigenvalue weighted by Gasteiger charge is 2.28. The van der Waals surface area contributed by atoms with Gasteiger partial charge in [0.1, 0.15) is 10.6 Å². The fourth-order valence-corrected chi connectivity index (χ4v) is 1.50. The second-order valence-corrected chi connectivity index (χ2v) is 5.81. The van der Waals surface area contributed by atoms with E-state index in [1.165, 1.54) is 6.26 Å². The molecule has 23 heavy (non-hydrogen) atoms. The number of thiol groups is 1. The van der Waals surface area contributed by atoms with E-state index in [0.717, 1.165) is 7.11 Å². The van der Waals surface area contributed by atoms with Crippen molar-refractivity contribution in [3.05, 3.63) is 33.8 Å². The Kier molecular flexibility index (Phi) is 10.1. The van der Waals surface area contributed by atoms with Gasteiger partial charge in [0.05, 0.1) is 18.3 Å². The van der Waals surface area contributed by atoms with E-state index < -0.39 is 21.5 Å². The van der Waals surface area contributed by atoms with Gasteiger partial charge in [-0.1, -0.05) is 6.92 Å². The Labute approximate surface area is 141 Å². The third kappa shape index (κ3) is 8.46. The van der Waals surface area contributed by atoms with Gasteiger partial charge in [0.25, 0.3) is 0 Å². The maximum Gasteiger partial charge on any atom is 0.411 e. The molecule has 0 heterocycles. The zero-order chi connectivity index (χ0) is 17.9. The van der Waals surface area contributed by atoms with E-state index in [2.05, 4.69) is 22.7 Å². The van der Waals surface area contributed by atoms with Gasteiger partial charge in [0, 0.05) is 13.0 Å². The SMILES string of the molecule is CCC(C)(S)O/C=C/C/C(NCCCN)=C(/C(=O)OC)[N+](=O)[O-]. The van der Waals surface area contributed by atoms with Gasteiger partial charge in [-0.2, -0.15) is 0 Å². The van der Waals surface area contributed by atoms with E-state index in [9.17, 15) is 14.9 Å². The van der Waals surface area contributed by atoms with Crippen LogP contribution in [-0.4, -0.2) is 36.0 Å². The van der Waals surface area contributed by atoms with Gasteiger partial charge in [-0.3, -0.25) is 10.1 Å². The minimum atomic E-state index is -1.01. The molecule has 3 N–H and O–H groups in total. The van der Waals surface area contributed by atoms with Crippen LogP contribution in [-0.2, 0) is 14.3 Å². The van der Waals surface area contributed by atoms with Crippen LogP contribution >= 0.6 is 12.6 Å². The second kappa shape index (κ2) is 10.9. The first-order chi connectivity index (χ1) is 10.8. The molecule has 0 saturated heterocycles. The summed E-state index contributed by atoms with van der Waals surface area (Å²) in [6.07, 6.45) is 4.39. The van der Waals surface area contributed by atoms with E-state index in [4.69, 9.17) is 10.5 Å². The van der Waals surface area contributed by atoms with Gasteiger partial charge in [0.2, 0.25) is 0 Å². The molecule has 0 fully saturated rings. The minimum Gasteiger partial charge on any atom is -0.485 e. The molecule has 1 unspecified atom stereocenters. The van der Waals surface area contributed by atoms with E-state index in [1.54, 1.807) is 13.0 Å². The maximum absolute atomic E-state index is 11.6. The highest BCUT2D eigenvalue weighted by molar-refractivity contribution is 7.81. The van der Waals surface area contributed by atoms with Crippen molar-refractivity contribution < 1.29 is 19.2 Å². The number of hydrogen-bond donors (Lipinski definition) is 3. The molecule has 0 aromatic heterocycles. The molecule has 0 aromatic rings. The molecule has 1 atom stereocenters. The topological polar surface area (TPSA) is 117 Å². The summed E-state index contributed by atoms with van der Waals surface area (Å²) in [6, 6.07) is 0. The molecule has 8 nitrogen and oxygen atoms in total. The molecule has 0 saturated carbocycles. The predicted molar refractivity (Wildman–Crippen MR) is 90.2 cm³/mol. The average Bonchev–Trinajstić information content (AvgIpc) is 2.50. The molecule has 0 amide bonds. The zero-order valence-electron chi connectivity index (χ0n) is 13.7. The Morgan fingerprint density at radius 2 is 2.17 bits per heavy atom. The molecule has 9 heteroatoms. The van der Waals surface area contributed by atoms with Crippen LogP contribution in [0.2, 0.25) is 0 Å². The highest BCUT2D eigenvalue weighted by atomic mass is 32.1. The summed E-state index contributed by atoms with van der Waals surface area (Å²) < 4.78 is 9.88. The fourth-order valence-electron chi connectivity index (χ4n) is 1.44. The van der Waals surface area contributed by atoms with Crippen molar-refractivity contribution in [1.29, 1.82) is 0 Å². The molecule has 0 spiro atoms. The Bertz CT molecular complexity index is 463. The first kappa shape index (κ1) is 21.3. The molecule has 0 aromatic carbocycles. The largest absolute Gasteiger partial charge is 0.485 e. The van der Waals surface area contributed by atoms with E-state index in [-0.39, 0.29) is 12.1 Å². The van der Waals surface area contributed by atoms with Crippen LogP contribution < -0.4 is 11.1 Å². The summed E-state index contributed by atoms with van der Waals surface area (Å²) in [5.74, 6) is -1.01. The summed E-state index contributed by atoms with van der Waals surface area (Å²) in [5, 5.41) is 14.0. The number of nitrogens with one attached hydrogen (secondary N) is 1. The summed E-state index contributed by atoms with van der Waals surface area (Å²) >= 11 is 4.30. The van der Waals surface area contributed by atoms with Crippen molar-refractivity contribution in [2.24, 2.45) is 5.73 Å². The summed E-state index contributed by atoms with van der Waals surface area (Å²) in [5.41, 5.74) is 4.92. The summed E-state index contributed by atoms with van der Waals surface area (Å²) in [6.45, 7) is 4.56. The summed E-state index contributed by atoms with van der Waals surface area (Å²) in [7, 11) is 1.09. The van der Waals surface area contributed by atoms with Crippen molar-refractivity contribution in [2.45, 2.75) is 38.0 Å². The fraction of sp³-hybridized carbons (Fsp3) is 0.643. The third-order valence-electron chi connectivity index (χ3n) is 2.96. The van der Waals surface area contributed by atoms with E-state index in [1.807, 2.05) is 6.92 Å². The van der Waals surface area contributed by atoms with Crippen LogP contribution in [0.15, 0.2) is 23.7 Å². The van der Waals surface area contributed by atoms with Gasteiger partial charge in [-0.15, -0.1) is 12.6 Å². The lowest BCUT2D eigenvalue weighted by Gasteiger charge is -2.20. The van der Waals surface area contributed by atoms with Crippen LogP contribution in [0.1, 0.15) is 33.1 Å². The molecule has 0 aliphatic heterocycles. The number of carbonyl (C=O) groups is 1. The van der Waals surface area contributed by atoms with Gasteiger partial charge in [0.15, 0.2) is 0 Å². The van der Waals surface area contributed by atoms with Gasteiger partial charge >= 0.3 is 11.7 Å². The Morgan fingerprint density at radius 3 is 2.65 bits per heavy atom. The van der Waals surface area contributed by atoms with E-state index in [0.29, 0.717) is 25.9 Å². The number of esters is 1. The van der Waals surface area contributed by atoms with Crippen LogP contribution in [0.5, 0.6) is 0 Å². The average molecular weight is 347 g/mol. The number of methoxy groups -OCH3 is 1. The first-order valence-electron chi connectivity index (χ1n) is 7.24. The van der Waals surface area contributed by atoms with Crippen molar-refractivity contribution in [3.63, 3.8) is 0 Å². The number of nitrogens with zero attached hydrogens (tertiary/aromatic N) is 1. The van der Waals surface area contributed by atoms with Crippen LogP contribution in [0.3, 0.4) is 0 Å². The number of allylic oxidation sites excluding steroid dienone is 1. The highest BCUT2D eigenvalue weighted by Crippen LogP contribution is 2.20. The molecule has 0 bridgehead atoms. The zero-order valence-corrected chi connectivity index (χ0v) is 14.6. The molecule has 132 valence electrons. The Hall–Kier alpha value is -1.74. The molecule has 0 rings (SSSR count). The number of hydrogen-bond acceptors (Lipinski definition) is 8. The molecule has 0 aliphatic rings. The number of nitro groups is 1. The van der Waals surface area contributed by atoms with Gasteiger partial charge < -0.3 is 20.5 Å². The number of nitrogens with two attached hydrogens (primary N) is 1. The first-order valence-corrected chi connectivity index (χ1v) is 7.68. The summed E-state index contributed by atoms with van der Waals surface area (Å²) in [4.78, 5) is 21.4. The monoisotopic (exact) mass is 347 g/mol. The minimum absolute atomic E-state index is 0.115. The number of rotatable bonds is 11. The molecule has 0 radical (unpaired) electrons. The third-order valence-corrected chi connectivity index (χ3v) is 3.38. The van der Waals surface area contributed by atoms with Crippen molar-refractivity contribution in [2.75, 3.05) is 20.2 Å².